The molecule has 0 aliphatic heterocycles. The Labute approximate surface area is 129 Å². The molecule has 0 saturated heterocycles. The molecular weight excluding hydrogens is 271 g/mol. The number of rotatable bonds is 6. The minimum atomic E-state index is -1.87. The van der Waals surface area contributed by atoms with E-state index in [9.17, 15) is 0 Å². The van der Waals surface area contributed by atoms with Gasteiger partial charge in [-0.25, -0.2) is 0 Å². The Bertz CT molecular complexity index is 553. The van der Waals surface area contributed by atoms with Crippen molar-refractivity contribution < 1.29 is 0 Å². The summed E-state index contributed by atoms with van der Waals surface area (Å²) in [6, 6.07) is 21.9. The maximum absolute atomic E-state index is 4.20. The third kappa shape index (κ3) is 3.71. The second kappa shape index (κ2) is 6.87. The fourth-order valence-corrected chi connectivity index (χ4v) is 8.18. The van der Waals surface area contributed by atoms with E-state index < -0.39 is 7.26 Å². The van der Waals surface area contributed by atoms with Gasteiger partial charge in [0.1, 0.15) is 0 Å². The molecule has 0 spiro atoms. The van der Waals surface area contributed by atoms with E-state index in [1.165, 1.54) is 21.8 Å². The zero-order chi connectivity index (χ0) is 15.3. The van der Waals surface area contributed by atoms with Crippen molar-refractivity contribution in [1.29, 1.82) is 0 Å². The van der Waals surface area contributed by atoms with Crippen molar-refractivity contribution in [2.75, 3.05) is 12.3 Å². The normalized spacial score (nSPS) is 11.9. The molecule has 0 saturated carbocycles. The molecular formula is C20H25P. The van der Waals surface area contributed by atoms with Crippen LogP contribution in [0.3, 0.4) is 0 Å². The minimum absolute atomic E-state index is 1.08. The van der Waals surface area contributed by atoms with Crippen molar-refractivity contribution in [2.45, 2.75) is 13.8 Å². The number of hydrogen-bond donors (Lipinski definition) is 0. The Balaban J connectivity index is 2.64. The van der Waals surface area contributed by atoms with Gasteiger partial charge in [0.15, 0.2) is 0 Å². The third-order valence-corrected chi connectivity index (χ3v) is 9.15. The van der Waals surface area contributed by atoms with E-state index in [1.807, 2.05) is 0 Å². The standard InChI is InChI=1S/C20H25P/c1-17(2)15-21(16-18(3)4,19-11-7-5-8-12-19)20-13-9-6-10-14-20/h5-14,21H,1,3,15-16H2,2,4H3. The summed E-state index contributed by atoms with van der Waals surface area (Å²) in [5.74, 6) is 0. The SMILES string of the molecule is C=C(C)C[PH](CC(=C)C)(c1ccccc1)c1ccccc1. The first kappa shape index (κ1) is 15.7. The molecule has 0 fully saturated rings. The van der Waals surface area contributed by atoms with Crippen molar-refractivity contribution in [2.24, 2.45) is 0 Å². The summed E-state index contributed by atoms with van der Waals surface area (Å²) in [6.07, 6.45) is 2.15. The second-order valence-electron chi connectivity index (χ2n) is 6.08. The van der Waals surface area contributed by atoms with Crippen molar-refractivity contribution in [3.05, 3.63) is 85.0 Å². The molecule has 0 nitrogen and oxygen atoms in total. The van der Waals surface area contributed by atoms with Crippen LogP contribution in [0.5, 0.6) is 0 Å². The van der Waals surface area contributed by atoms with Crippen molar-refractivity contribution in [1.82, 2.24) is 0 Å². The summed E-state index contributed by atoms with van der Waals surface area (Å²) in [4.78, 5) is 0. The molecule has 0 aliphatic carbocycles. The summed E-state index contributed by atoms with van der Waals surface area (Å²) in [6.45, 7) is 12.7. The fourth-order valence-electron chi connectivity index (χ4n) is 3.18. The van der Waals surface area contributed by atoms with Gasteiger partial charge in [-0.1, -0.05) is 0 Å². The van der Waals surface area contributed by atoms with Crippen molar-refractivity contribution in [3.63, 3.8) is 0 Å². The van der Waals surface area contributed by atoms with Crippen LogP contribution in [0.15, 0.2) is 85.0 Å². The molecule has 110 valence electrons. The molecule has 0 amide bonds. The summed E-state index contributed by atoms with van der Waals surface area (Å²) in [5.41, 5.74) is 2.52. The Hall–Kier alpha value is -1.65. The number of benzene rings is 2. The van der Waals surface area contributed by atoms with Gasteiger partial charge in [-0.15, -0.1) is 0 Å². The summed E-state index contributed by atoms with van der Waals surface area (Å²) < 4.78 is 0. The second-order valence-corrected chi connectivity index (χ2v) is 10.1. The predicted molar refractivity (Wildman–Crippen MR) is 99.8 cm³/mol. The summed E-state index contributed by atoms with van der Waals surface area (Å²) in [5, 5.41) is 2.95. The van der Waals surface area contributed by atoms with Gasteiger partial charge in [-0.2, -0.15) is 0 Å². The molecule has 21 heavy (non-hydrogen) atoms. The van der Waals surface area contributed by atoms with Gasteiger partial charge < -0.3 is 0 Å². The van der Waals surface area contributed by atoms with E-state index >= 15 is 0 Å². The molecule has 0 heterocycles. The zero-order valence-corrected chi connectivity index (χ0v) is 14.1. The van der Waals surface area contributed by atoms with Gasteiger partial charge in [0.25, 0.3) is 0 Å². The van der Waals surface area contributed by atoms with Crippen LogP contribution in [0.1, 0.15) is 13.8 Å². The average Bonchev–Trinajstić information content (AvgIpc) is 2.47. The van der Waals surface area contributed by atoms with Gasteiger partial charge in [0.2, 0.25) is 0 Å². The fraction of sp³-hybridized carbons (Fsp3) is 0.200. The Kier molecular flexibility index (Phi) is 5.15. The molecule has 2 aromatic carbocycles. The number of allylic oxidation sites excluding steroid dienone is 2. The zero-order valence-electron chi connectivity index (χ0n) is 13.1. The van der Waals surface area contributed by atoms with Crippen LogP contribution in [0.4, 0.5) is 0 Å². The summed E-state index contributed by atoms with van der Waals surface area (Å²) >= 11 is 0. The maximum atomic E-state index is 4.20. The van der Waals surface area contributed by atoms with Gasteiger partial charge in [-0.3, -0.25) is 0 Å². The van der Waals surface area contributed by atoms with Crippen LogP contribution in [0.2, 0.25) is 0 Å². The van der Waals surface area contributed by atoms with E-state index in [4.69, 9.17) is 0 Å². The van der Waals surface area contributed by atoms with E-state index in [0.29, 0.717) is 0 Å². The quantitative estimate of drug-likeness (QED) is 0.542. The van der Waals surface area contributed by atoms with E-state index in [2.05, 4.69) is 87.7 Å². The molecule has 0 N–H and O–H groups in total. The Morgan fingerprint density at radius 3 is 1.33 bits per heavy atom. The Morgan fingerprint density at radius 1 is 0.714 bits per heavy atom. The van der Waals surface area contributed by atoms with Crippen molar-refractivity contribution in [3.8, 4) is 0 Å². The van der Waals surface area contributed by atoms with Crippen LogP contribution in [0, 0.1) is 0 Å². The number of hydrogen-bond acceptors (Lipinski definition) is 0. The molecule has 0 aromatic heterocycles. The van der Waals surface area contributed by atoms with Crippen LogP contribution < -0.4 is 10.6 Å². The van der Waals surface area contributed by atoms with E-state index in [1.54, 1.807) is 0 Å². The van der Waals surface area contributed by atoms with Crippen LogP contribution in [-0.2, 0) is 0 Å². The van der Waals surface area contributed by atoms with Gasteiger partial charge >= 0.3 is 129 Å². The molecule has 2 aromatic rings. The van der Waals surface area contributed by atoms with Crippen LogP contribution in [0.25, 0.3) is 0 Å². The first-order valence-corrected chi connectivity index (χ1v) is 9.86. The van der Waals surface area contributed by atoms with Gasteiger partial charge in [-0.05, 0) is 0 Å². The molecule has 2 rings (SSSR count). The third-order valence-electron chi connectivity index (χ3n) is 3.86. The van der Waals surface area contributed by atoms with E-state index in [0.717, 1.165) is 12.3 Å². The van der Waals surface area contributed by atoms with Gasteiger partial charge in [0.05, 0.1) is 0 Å². The predicted octanol–water partition coefficient (Wildman–Crippen LogP) is 4.54. The van der Waals surface area contributed by atoms with Gasteiger partial charge in [0, 0.05) is 0 Å². The topological polar surface area (TPSA) is 0 Å². The average molecular weight is 296 g/mol. The molecule has 0 radical (unpaired) electrons. The monoisotopic (exact) mass is 296 g/mol. The summed E-state index contributed by atoms with van der Waals surface area (Å²) in [7, 11) is -1.87. The first-order chi connectivity index (χ1) is 10.0. The van der Waals surface area contributed by atoms with Crippen LogP contribution >= 0.6 is 7.26 Å². The van der Waals surface area contributed by atoms with E-state index in [-0.39, 0.29) is 0 Å². The molecule has 0 bridgehead atoms. The van der Waals surface area contributed by atoms with Crippen molar-refractivity contribution >= 4 is 17.9 Å². The molecule has 0 unspecified atom stereocenters. The van der Waals surface area contributed by atoms with Crippen LogP contribution in [-0.4, -0.2) is 12.3 Å². The molecule has 1 heteroatoms. The molecule has 0 atom stereocenters. The Morgan fingerprint density at radius 2 is 1.05 bits per heavy atom. The first-order valence-electron chi connectivity index (χ1n) is 7.44. The molecule has 0 aliphatic rings.